The number of aromatic nitrogens is 3. The summed E-state index contributed by atoms with van der Waals surface area (Å²) in [5, 5.41) is 17.2. The fourth-order valence-corrected chi connectivity index (χ4v) is 2.55. The second-order valence-electron chi connectivity index (χ2n) is 4.30. The number of halogens is 2. The summed E-state index contributed by atoms with van der Waals surface area (Å²) >= 11 is 3.34. The summed E-state index contributed by atoms with van der Waals surface area (Å²) in [5.74, 6) is 0.623. The van der Waals surface area contributed by atoms with Gasteiger partial charge in [0, 0.05) is 10.5 Å². The van der Waals surface area contributed by atoms with E-state index in [1.54, 1.807) is 12.1 Å². The lowest BCUT2D eigenvalue weighted by molar-refractivity contribution is 0.265. The highest BCUT2D eigenvalue weighted by Crippen LogP contribution is 2.40. The standard InChI is InChI=1S/C12H11BrFN3O/c13-8-2-1-3-9(14)11(8)12-16-15-10(6-18)17(12)7-4-5-7/h1-3,7,18H,4-6H2. The van der Waals surface area contributed by atoms with Crippen molar-refractivity contribution in [3.63, 3.8) is 0 Å². The first-order chi connectivity index (χ1) is 8.72. The normalized spacial score (nSPS) is 15.1. The molecule has 1 aliphatic rings. The van der Waals surface area contributed by atoms with E-state index in [-0.39, 0.29) is 18.5 Å². The van der Waals surface area contributed by atoms with Gasteiger partial charge in [0.25, 0.3) is 0 Å². The zero-order valence-electron chi connectivity index (χ0n) is 9.48. The Labute approximate surface area is 112 Å². The van der Waals surface area contributed by atoms with E-state index >= 15 is 0 Å². The molecule has 1 aromatic heterocycles. The van der Waals surface area contributed by atoms with Crippen LogP contribution < -0.4 is 0 Å². The van der Waals surface area contributed by atoms with Crippen LogP contribution in [0.15, 0.2) is 22.7 Å². The molecule has 1 aliphatic carbocycles. The topological polar surface area (TPSA) is 50.9 Å². The van der Waals surface area contributed by atoms with Crippen molar-refractivity contribution in [1.29, 1.82) is 0 Å². The van der Waals surface area contributed by atoms with Crippen molar-refractivity contribution in [3.05, 3.63) is 34.3 Å². The first kappa shape index (κ1) is 11.8. The van der Waals surface area contributed by atoms with Crippen LogP contribution in [0.25, 0.3) is 11.4 Å². The molecule has 1 aromatic carbocycles. The summed E-state index contributed by atoms with van der Waals surface area (Å²) in [7, 11) is 0. The highest BCUT2D eigenvalue weighted by molar-refractivity contribution is 9.10. The van der Waals surface area contributed by atoms with Gasteiger partial charge in [0.1, 0.15) is 12.4 Å². The van der Waals surface area contributed by atoms with Crippen LogP contribution in [-0.4, -0.2) is 19.9 Å². The van der Waals surface area contributed by atoms with Gasteiger partial charge in [-0.05, 0) is 40.9 Å². The summed E-state index contributed by atoms with van der Waals surface area (Å²) in [5.41, 5.74) is 0.400. The van der Waals surface area contributed by atoms with Crippen LogP contribution in [0.3, 0.4) is 0 Å². The number of hydrogen-bond acceptors (Lipinski definition) is 3. The number of aliphatic hydroxyl groups excluding tert-OH is 1. The van der Waals surface area contributed by atoms with Crippen LogP contribution in [0.4, 0.5) is 4.39 Å². The maximum absolute atomic E-state index is 13.9. The Morgan fingerprint density at radius 1 is 1.39 bits per heavy atom. The van der Waals surface area contributed by atoms with Gasteiger partial charge < -0.3 is 9.67 Å². The van der Waals surface area contributed by atoms with Crippen LogP contribution in [0.1, 0.15) is 24.7 Å². The van der Waals surface area contributed by atoms with E-state index in [0.29, 0.717) is 21.7 Å². The van der Waals surface area contributed by atoms with Crippen molar-refractivity contribution in [3.8, 4) is 11.4 Å². The molecule has 0 radical (unpaired) electrons. The Bertz CT molecular complexity index is 575. The van der Waals surface area contributed by atoms with Gasteiger partial charge in [-0.15, -0.1) is 10.2 Å². The SMILES string of the molecule is OCc1nnc(-c2c(F)cccc2Br)n1C1CC1. The van der Waals surface area contributed by atoms with Crippen LogP contribution in [0, 0.1) is 5.82 Å². The largest absolute Gasteiger partial charge is 0.388 e. The Balaban J connectivity index is 2.20. The molecule has 4 nitrogen and oxygen atoms in total. The molecule has 18 heavy (non-hydrogen) atoms. The van der Waals surface area contributed by atoms with Gasteiger partial charge in [0.2, 0.25) is 0 Å². The fraction of sp³-hybridized carbons (Fsp3) is 0.333. The molecular formula is C12H11BrFN3O. The van der Waals surface area contributed by atoms with Crippen molar-refractivity contribution < 1.29 is 9.50 Å². The van der Waals surface area contributed by atoms with E-state index in [1.807, 2.05) is 4.57 Å². The van der Waals surface area contributed by atoms with Gasteiger partial charge in [-0.3, -0.25) is 0 Å². The molecule has 3 rings (SSSR count). The monoisotopic (exact) mass is 311 g/mol. The van der Waals surface area contributed by atoms with Crippen molar-refractivity contribution in [2.24, 2.45) is 0 Å². The molecule has 0 amide bonds. The van der Waals surface area contributed by atoms with E-state index in [2.05, 4.69) is 26.1 Å². The summed E-state index contributed by atoms with van der Waals surface area (Å²) in [6.07, 6.45) is 2.04. The van der Waals surface area contributed by atoms with E-state index in [1.165, 1.54) is 6.07 Å². The molecule has 1 fully saturated rings. The number of aliphatic hydroxyl groups is 1. The number of rotatable bonds is 3. The minimum Gasteiger partial charge on any atom is -0.388 e. The average Bonchev–Trinajstić information content (AvgIpc) is 3.10. The highest BCUT2D eigenvalue weighted by Gasteiger charge is 2.31. The number of hydrogen-bond donors (Lipinski definition) is 1. The molecule has 0 bridgehead atoms. The van der Waals surface area contributed by atoms with Gasteiger partial charge in [0.05, 0.1) is 5.56 Å². The first-order valence-corrected chi connectivity index (χ1v) is 6.50. The molecular weight excluding hydrogens is 301 g/mol. The minimum absolute atomic E-state index is 0.185. The zero-order chi connectivity index (χ0) is 12.7. The predicted molar refractivity (Wildman–Crippen MR) is 67.3 cm³/mol. The second kappa shape index (κ2) is 4.44. The molecule has 1 heterocycles. The molecule has 0 aliphatic heterocycles. The molecule has 2 aromatic rings. The van der Waals surface area contributed by atoms with Gasteiger partial charge >= 0.3 is 0 Å². The third-order valence-electron chi connectivity index (χ3n) is 3.01. The molecule has 6 heteroatoms. The first-order valence-electron chi connectivity index (χ1n) is 5.71. The van der Waals surface area contributed by atoms with Crippen LogP contribution in [0.5, 0.6) is 0 Å². The third kappa shape index (κ3) is 1.85. The fourth-order valence-electron chi connectivity index (χ4n) is 2.03. The van der Waals surface area contributed by atoms with Gasteiger partial charge in [0.15, 0.2) is 11.6 Å². The summed E-state index contributed by atoms with van der Waals surface area (Å²) < 4.78 is 16.4. The van der Waals surface area contributed by atoms with Gasteiger partial charge in [-0.25, -0.2) is 4.39 Å². The molecule has 1 saturated carbocycles. The highest BCUT2D eigenvalue weighted by atomic mass is 79.9. The Morgan fingerprint density at radius 3 is 2.78 bits per heavy atom. The quantitative estimate of drug-likeness (QED) is 0.948. The van der Waals surface area contributed by atoms with E-state index < -0.39 is 0 Å². The molecule has 0 saturated heterocycles. The Morgan fingerprint density at radius 2 is 2.17 bits per heavy atom. The summed E-state index contributed by atoms with van der Waals surface area (Å²) in [6.45, 7) is -0.185. The predicted octanol–water partition coefficient (Wildman–Crippen LogP) is 2.67. The lowest BCUT2D eigenvalue weighted by Gasteiger charge is -2.09. The van der Waals surface area contributed by atoms with Gasteiger partial charge in [-0.2, -0.15) is 0 Å². The zero-order valence-corrected chi connectivity index (χ0v) is 11.1. The Hall–Kier alpha value is -1.27. The number of benzene rings is 1. The smallest absolute Gasteiger partial charge is 0.168 e. The molecule has 0 spiro atoms. The van der Waals surface area contributed by atoms with Crippen LogP contribution >= 0.6 is 15.9 Å². The van der Waals surface area contributed by atoms with E-state index in [0.717, 1.165) is 12.8 Å². The minimum atomic E-state index is -0.344. The molecule has 0 atom stereocenters. The Kier molecular flexibility index (Phi) is 2.91. The van der Waals surface area contributed by atoms with Crippen molar-refractivity contribution in [2.75, 3.05) is 0 Å². The lowest BCUT2D eigenvalue weighted by atomic mass is 10.2. The summed E-state index contributed by atoms with van der Waals surface area (Å²) in [6, 6.07) is 5.07. The van der Waals surface area contributed by atoms with Crippen LogP contribution in [-0.2, 0) is 6.61 Å². The van der Waals surface area contributed by atoms with Crippen LogP contribution in [0.2, 0.25) is 0 Å². The maximum atomic E-state index is 13.9. The van der Waals surface area contributed by atoms with E-state index in [4.69, 9.17) is 0 Å². The lowest BCUT2D eigenvalue weighted by Crippen LogP contribution is -2.04. The van der Waals surface area contributed by atoms with Crippen molar-refractivity contribution >= 4 is 15.9 Å². The third-order valence-corrected chi connectivity index (χ3v) is 3.67. The van der Waals surface area contributed by atoms with Crippen molar-refractivity contribution in [1.82, 2.24) is 14.8 Å². The molecule has 94 valence electrons. The summed E-state index contributed by atoms with van der Waals surface area (Å²) in [4.78, 5) is 0. The second-order valence-corrected chi connectivity index (χ2v) is 5.15. The van der Waals surface area contributed by atoms with Gasteiger partial charge in [-0.1, -0.05) is 6.07 Å². The molecule has 1 N–H and O–H groups in total. The van der Waals surface area contributed by atoms with Crippen molar-refractivity contribution in [2.45, 2.75) is 25.5 Å². The number of nitrogens with zero attached hydrogens (tertiary/aromatic N) is 3. The average molecular weight is 312 g/mol. The van der Waals surface area contributed by atoms with E-state index in [9.17, 15) is 9.50 Å². The maximum Gasteiger partial charge on any atom is 0.168 e. The molecule has 0 unspecified atom stereocenters.